The van der Waals surface area contributed by atoms with Gasteiger partial charge < -0.3 is 15.0 Å². The molecular formula is C14H24N4O2S. The van der Waals surface area contributed by atoms with E-state index in [1.54, 1.807) is 0 Å². The lowest BCUT2D eigenvalue weighted by Gasteiger charge is -2.28. The van der Waals surface area contributed by atoms with Gasteiger partial charge in [0.05, 0.1) is 6.04 Å². The van der Waals surface area contributed by atoms with E-state index in [1.807, 2.05) is 34.7 Å². The highest BCUT2D eigenvalue weighted by atomic mass is 32.1. The monoisotopic (exact) mass is 312 g/mol. The summed E-state index contributed by atoms with van der Waals surface area (Å²) < 4.78 is 9.50. The molecule has 118 valence electrons. The van der Waals surface area contributed by atoms with Crippen LogP contribution in [0, 0.1) is 12.8 Å². The van der Waals surface area contributed by atoms with Crippen LogP contribution in [0.2, 0.25) is 0 Å². The highest BCUT2D eigenvalue weighted by Crippen LogP contribution is 2.36. The average Bonchev–Trinajstić information content (AvgIpc) is 3.08. The maximum atomic E-state index is 11.8. The van der Waals surface area contributed by atoms with E-state index in [4.69, 9.17) is 4.74 Å². The first-order chi connectivity index (χ1) is 9.76. The second-order valence-corrected chi connectivity index (χ2v) is 7.25. The number of alkyl carbamates (subject to hydrolysis) is 1. The van der Waals surface area contributed by atoms with Gasteiger partial charge in [-0.25, -0.2) is 9.78 Å². The summed E-state index contributed by atoms with van der Waals surface area (Å²) in [6.45, 7) is 8.04. The Labute approximate surface area is 130 Å². The molecule has 0 bridgehead atoms. The first kappa shape index (κ1) is 16.0. The van der Waals surface area contributed by atoms with Crippen molar-refractivity contribution in [2.24, 2.45) is 5.92 Å². The number of aryl methyl sites for hydroxylation is 1. The van der Waals surface area contributed by atoms with Gasteiger partial charge in [0.25, 0.3) is 0 Å². The third kappa shape index (κ3) is 4.84. The first-order valence-corrected chi connectivity index (χ1v) is 8.03. The van der Waals surface area contributed by atoms with E-state index < -0.39 is 5.60 Å². The minimum atomic E-state index is -0.471. The third-order valence-corrected chi connectivity index (χ3v) is 4.23. The Bertz CT molecular complexity index is 493. The molecule has 1 heterocycles. The number of rotatable bonds is 5. The molecule has 1 aromatic rings. The Balaban J connectivity index is 1.92. The first-order valence-electron chi connectivity index (χ1n) is 7.26. The molecule has 1 amide bonds. The van der Waals surface area contributed by atoms with Crippen molar-refractivity contribution in [2.45, 2.75) is 52.2 Å². The maximum absolute atomic E-state index is 11.8. The SMILES string of the molecule is Cc1nsc(N(C)[C@H](CNC(=O)OC(C)(C)C)C2CC2)n1. The van der Waals surface area contributed by atoms with Gasteiger partial charge in [0.1, 0.15) is 11.4 Å². The molecule has 21 heavy (non-hydrogen) atoms. The number of hydrogen-bond acceptors (Lipinski definition) is 6. The van der Waals surface area contributed by atoms with Crippen LogP contribution in [0.3, 0.4) is 0 Å². The molecule has 1 aliphatic carbocycles. The zero-order valence-corrected chi connectivity index (χ0v) is 14.2. The van der Waals surface area contributed by atoms with Gasteiger partial charge in [-0.15, -0.1) is 0 Å². The summed E-state index contributed by atoms with van der Waals surface area (Å²) in [5, 5.41) is 3.77. The highest BCUT2D eigenvalue weighted by Gasteiger charge is 2.35. The van der Waals surface area contributed by atoms with Gasteiger partial charge in [0.15, 0.2) is 0 Å². The van der Waals surface area contributed by atoms with Crippen molar-refractivity contribution >= 4 is 22.8 Å². The largest absolute Gasteiger partial charge is 0.444 e. The molecular weight excluding hydrogens is 288 g/mol. The van der Waals surface area contributed by atoms with Crippen LogP contribution in [-0.4, -0.2) is 40.7 Å². The Morgan fingerprint density at radius 3 is 2.67 bits per heavy atom. The summed E-state index contributed by atoms with van der Waals surface area (Å²) in [6.07, 6.45) is 2.03. The molecule has 0 spiro atoms. The molecule has 1 aliphatic rings. The fourth-order valence-corrected chi connectivity index (χ4v) is 2.87. The number of carbonyl (C=O) groups is 1. The van der Waals surface area contributed by atoms with E-state index in [1.165, 1.54) is 24.4 Å². The molecule has 1 saturated carbocycles. The van der Waals surface area contributed by atoms with E-state index in [0.717, 1.165) is 11.0 Å². The fraction of sp³-hybridized carbons (Fsp3) is 0.786. The molecule has 1 fully saturated rings. The Morgan fingerprint density at radius 2 is 2.19 bits per heavy atom. The molecule has 1 aromatic heterocycles. The van der Waals surface area contributed by atoms with E-state index >= 15 is 0 Å². The Morgan fingerprint density at radius 1 is 1.52 bits per heavy atom. The van der Waals surface area contributed by atoms with E-state index in [9.17, 15) is 4.79 Å². The number of hydrogen-bond donors (Lipinski definition) is 1. The number of anilines is 1. The van der Waals surface area contributed by atoms with E-state index in [2.05, 4.69) is 19.6 Å². The molecule has 0 aromatic carbocycles. The van der Waals surface area contributed by atoms with E-state index in [-0.39, 0.29) is 12.1 Å². The van der Waals surface area contributed by atoms with Crippen LogP contribution < -0.4 is 10.2 Å². The second-order valence-electron chi connectivity index (χ2n) is 6.52. The van der Waals surface area contributed by atoms with Crippen LogP contribution in [-0.2, 0) is 4.74 Å². The van der Waals surface area contributed by atoms with Crippen LogP contribution in [0.25, 0.3) is 0 Å². The zero-order valence-electron chi connectivity index (χ0n) is 13.3. The average molecular weight is 312 g/mol. The molecule has 0 saturated heterocycles. The molecule has 0 unspecified atom stereocenters. The predicted molar refractivity (Wildman–Crippen MR) is 83.8 cm³/mol. The zero-order chi connectivity index (χ0) is 15.6. The summed E-state index contributed by atoms with van der Waals surface area (Å²) >= 11 is 1.40. The minimum Gasteiger partial charge on any atom is -0.444 e. The molecule has 1 atom stereocenters. The smallest absolute Gasteiger partial charge is 0.407 e. The number of likely N-dealkylation sites (N-methyl/N-ethyl adjacent to an activating group) is 1. The van der Waals surface area contributed by atoms with Crippen molar-refractivity contribution in [1.82, 2.24) is 14.7 Å². The molecule has 2 rings (SSSR count). The number of nitrogens with one attached hydrogen (secondary N) is 1. The lowest BCUT2D eigenvalue weighted by molar-refractivity contribution is 0.0523. The minimum absolute atomic E-state index is 0.241. The van der Waals surface area contributed by atoms with Crippen molar-refractivity contribution in [3.8, 4) is 0 Å². The van der Waals surface area contributed by atoms with Gasteiger partial charge >= 0.3 is 6.09 Å². The third-order valence-electron chi connectivity index (χ3n) is 3.34. The van der Waals surface area contributed by atoms with Crippen molar-refractivity contribution < 1.29 is 9.53 Å². The van der Waals surface area contributed by atoms with Gasteiger partial charge in [-0.2, -0.15) is 4.37 Å². The van der Waals surface area contributed by atoms with Crippen LogP contribution >= 0.6 is 11.5 Å². The Hall–Kier alpha value is -1.37. The van der Waals surface area contributed by atoms with Gasteiger partial charge in [0.2, 0.25) is 5.13 Å². The number of nitrogens with zero attached hydrogens (tertiary/aromatic N) is 3. The van der Waals surface area contributed by atoms with Crippen LogP contribution in [0.5, 0.6) is 0 Å². The van der Waals surface area contributed by atoms with Crippen LogP contribution in [0.4, 0.5) is 9.93 Å². The summed E-state index contributed by atoms with van der Waals surface area (Å²) in [5.41, 5.74) is -0.471. The topological polar surface area (TPSA) is 67.4 Å². The highest BCUT2D eigenvalue weighted by molar-refractivity contribution is 7.09. The lowest BCUT2D eigenvalue weighted by atomic mass is 10.1. The summed E-state index contributed by atoms with van der Waals surface area (Å²) in [5.74, 6) is 1.39. The van der Waals surface area contributed by atoms with Crippen LogP contribution in [0.1, 0.15) is 39.4 Å². The maximum Gasteiger partial charge on any atom is 0.407 e. The van der Waals surface area contributed by atoms with Gasteiger partial charge in [-0.1, -0.05) is 0 Å². The Kier molecular flexibility index (Phi) is 4.70. The summed E-state index contributed by atoms with van der Waals surface area (Å²) in [6, 6.07) is 0.241. The summed E-state index contributed by atoms with van der Waals surface area (Å²) in [7, 11) is 2.01. The van der Waals surface area contributed by atoms with Crippen molar-refractivity contribution in [1.29, 1.82) is 0 Å². The van der Waals surface area contributed by atoms with Crippen LogP contribution in [0.15, 0.2) is 0 Å². The summed E-state index contributed by atoms with van der Waals surface area (Å²) in [4.78, 5) is 18.3. The predicted octanol–water partition coefficient (Wildman–Crippen LogP) is 2.59. The lowest BCUT2D eigenvalue weighted by Crippen LogP contribution is -2.45. The molecule has 0 aliphatic heterocycles. The fourth-order valence-electron chi connectivity index (χ4n) is 2.17. The normalized spacial score (nSPS) is 16.4. The number of carbonyl (C=O) groups excluding carboxylic acids is 1. The second kappa shape index (κ2) is 6.17. The van der Waals surface area contributed by atoms with E-state index in [0.29, 0.717) is 12.5 Å². The van der Waals surface area contributed by atoms with Gasteiger partial charge in [0, 0.05) is 25.1 Å². The van der Waals surface area contributed by atoms with Crippen molar-refractivity contribution in [3.05, 3.63) is 5.82 Å². The number of ether oxygens (including phenoxy) is 1. The van der Waals surface area contributed by atoms with Crippen molar-refractivity contribution in [2.75, 3.05) is 18.5 Å². The number of aromatic nitrogens is 2. The molecule has 1 N–H and O–H groups in total. The van der Waals surface area contributed by atoms with Gasteiger partial charge in [-0.3, -0.25) is 0 Å². The van der Waals surface area contributed by atoms with Gasteiger partial charge in [-0.05, 0) is 46.5 Å². The molecule has 7 heteroatoms. The molecule has 0 radical (unpaired) electrons. The quantitative estimate of drug-likeness (QED) is 0.905. The standard InChI is InChI=1S/C14H24N4O2S/c1-9-16-12(21-17-9)18(5)11(10-6-7-10)8-15-13(19)20-14(2,3)4/h10-11H,6-8H2,1-5H3,(H,15,19)/t11-/m1/s1. The van der Waals surface area contributed by atoms with Crippen molar-refractivity contribution in [3.63, 3.8) is 0 Å². The molecule has 6 nitrogen and oxygen atoms in total. The number of amides is 1.